The summed E-state index contributed by atoms with van der Waals surface area (Å²) in [5, 5.41) is 0. The van der Waals surface area contributed by atoms with Gasteiger partial charge in [-0.25, -0.2) is 0 Å². The number of nitrogens with zero attached hydrogens (tertiary/aromatic N) is 1. The van der Waals surface area contributed by atoms with Gasteiger partial charge in [-0.05, 0) is 32.1 Å². The molecule has 160 valence electrons. The van der Waals surface area contributed by atoms with Gasteiger partial charge in [0.2, 0.25) is 5.91 Å². The van der Waals surface area contributed by atoms with Crippen LogP contribution in [0, 0.1) is 0 Å². The van der Waals surface area contributed by atoms with Crippen LogP contribution < -0.4 is 29.6 Å². The predicted octanol–water partition coefficient (Wildman–Crippen LogP) is 2.37. The van der Waals surface area contributed by atoms with Crippen LogP contribution in [0.2, 0.25) is 0 Å². The molecular formula is C21H41NNaO4S+. The maximum absolute atomic E-state index is 11.8. The van der Waals surface area contributed by atoms with Crippen molar-refractivity contribution < 1.29 is 47.3 Å². The van der Waals surface area contributed by atoms with Crippen LogP contribution in [-0.2, 0) is 14.9 Å². The van der Waals surface area contributed by atoms with Crippen molar-refractivity contribution in [1.82, 2.24) is 4.90 Å². The third-order valence-corrected chi connectivity index (χ3v) is 5.46. The Morgan fingerprint density at radius 3 is 1.82 bits per heavy atom. The molecule has 0 aromatic carbocycles. The summed E-state index contributed by atoms with van der Waals surface area (Å²) in [5.41, 5.74) is 0. The van der Waals surface area contributed by atoms with Crippen molar-refractivity contribution in [2.75, 3.05) is 19.3 Å². The van der Waals surface area contributed by atoms with Crippen LogP contribution >= 0.6 is 0 Å². The van der Waals surface area contributed by atoms with Gasteiger partial charge in [0.05, 0.1) is 5.75 Å². The smallest absolute Gasteiger partial charge is 0.345 e. The molecule has 0 spiro atoms. The Morgan fingerprint density at radius 1 is 0.857 bits per heavy atom. The Bertz CT molecular complexity index is 495. The second-order valence-electron chi connectivity index (χ2n) is 7.44. The quantitative estimate of drug-likeness (QED) is 0.158. The van der Waals surface area contributed by atoms with E-state index in [4.69, 9.17) is 4.55 Å². The molecule has 0 heterocycles. The fourth-order valence-electron chi connectivity index (χ4n) is 2.91. The fraction of sp³-hybridized carbons (Fsp3) is 0.857. The average Bonchev–Trinajstić information content (AvgIpc) is 2.62. The molecule has 0 aliphatic heterocycles. The van der Waals surface area contributed by atoms with E-state index in [-0.39, 0.29) is 42.0 Å². The molecule has 1 amide bonds. The number of allylic oxidation sites excluding steroid dienone is 2. The topological polar surface area (TPSA) is 74.7 Å². The average molecular weight is 427 g/mol. The Kier molecular flexibility index (Phi) is 22.1. The normalized spacial score (nSPS) is 11.5. The van der Waals surface area contributed by atoms with Crippen LogP contribution in [0.15, 0.2) is 12.2 Å². The molecule has 5 nitrogen and oxygen atoms in total. The first kappa shape index (κ1) is 30.3. The van der Waals surface area contributed by atoms with Gasteiger partial charge in [-0.1, -0.05) is 70.4 Å². The van der Waals surface area contributed by atoms with E-state index in [1.54, 1.807) is 7.05 Å². The predicted molar refractivity (Wildman–Crippen MR) is 114 cm³/mol. The Labute approximate surface area is 195 Å². The van der Waals surface area contributed by atoms with Crippen molar-refractivity contribution in [3.05, 3.63) is 12.2 Å². The first-order valence-corrected chi connectivity index (χ1v) is 12.3. The van der Waals surface area contributed by atoms with E-state index < -0.39 is 15.9 Å². The van der Waals surface area contributed by atoms with Crippen LogP contribution in [0.25, 0.3) is 0 Å². The van der Waals surface area contributed by atoms with E-state index in [0.717, 1.165) is 25.7 Å². The maximum Gasteiger partial charge on any atom is 1.00 e. The third kappa shape index (κ3) is 22.4. The Balaban J connectivity index is 0. The van der Waals surface area contributed by atoms with E-state index in [2.05, 4.69) is 19.1 Å². The summed E-state index contributed by atoms with van der Waals surface area (Å²) in [4.78, 5) is 13.2. The van der Waals surface area contributed by atoms with Crippen LogP contribution in [0.1, 0.15) is 96.8 Å². The van der Waals surface area contributed by atoms with Gasteiger partial charge in [-0.2, -0.15) is 8.42 Å². The molecule has 0 saturated heterocycles. The zero-order valence-electron chi connectivity index (χ0n) is 18.5. The summed E-state index contributed by atoms with van der Waals surface area (Å²) in [6.45, 7) is 2.29. The minimum absolute atomic E-state index is 0. The van der Waals surface area contributed by atoms with Crippen molar-refractivity contribution in [3.8, 4) is 0 Å². The molecule has 0 radical (unpaired) electrons. The number of amides is 1. The molecule has 7 heteroatoms. The van der Waals surface area contributed by atoms with Crippen molar-refractivity contribution in [2.24, 2.45) is 0 Å². The van der Waals surface area contributed by atoms with Crippen molar-refractivity contribution >= 4 is 16.0 Å². The van der Waals surface area contributed by atoms with E-state index in [1.165, 1.54) is 62.7 Å². The van der Waals surface area contributed by atoms with E-state index in [9.17, 15) is 13.2 Å². The molecule has 0 rings (SSSR count). The zero-order valence-corrected chi connectivity index (χ0v) is 21.3. The summed E-state index contributed by atoms with van der Waals surface area (Å²) in [6.07, 6.45) is 20.9. The van der Waals surface area contributed by atoms with Gasteiger partial charge in [0.15, 0.2) is 0 Å². The second kappa shape index (κ2) is 20.4. The number of hydrogen-bond acceptors (Lipinski definition) is 3. The molecular weight excluding hydrogens is 385 g/mol. The minimum atomic E-state index is -4.00. The molecule has 0 aromatic heterocycles. The van der Waals surface area contributed by atoms with E-state index in [0.29, 0.717) is 6.42 Å². The van der Waals surface area contributed by atoms with Crippen LogP contribution in [0.4, 0.5) is 0 Å². The van der Waals surface area contributed by atoms with Gasteiger partial charge < -0.3 is 4.90 Å². The molecule has 0 aliphatic carbocycles. The fourth-order valence-corrected chi connectivity index (χ4v) is 3.42. The SMILES string of the molecule is CCCCCCCC/C=C\CCCCCCCC(=O)N(C)CCS(=O)(=O)O.[Na+]. The number of rotatable bonds is 18. The number of carbonyl (C=O) groups excluding carboxylic acids is 1. The van der Waals surface area contributed by atoms with Crippen molar-refractivity contribution in [1.29, 1.82) is 0 Å². The van der Waals surface area contributed by atoms with Gasteiger partial charge in [0, 0.05) is 20.0 Å². The number of unbranched alkanes of at least 4 members (excludes halogenated alkanes) is 11. The summed E-state index contributed by atoms with van der Waals surface area (Å²) in [6, 6.07) is 0. The molecule has 0 saturated carbocycles. The summed E-state index contributed by atoms with van der Waals surface area (Å²) in [7, 11) is -2.43. The first-order valence-electron chi connectivity index (χ1n) is 10.7. The standard InChI is InChI=1S/C21H41NO4S.Na/c1-3-4-5-6-7-8-9-10-11-12-13-14-15-16-17-18-21(23)22(2)19-20-27(24,25)26;/h10-11H,3-9,12-20H2,1-2H3,(H,24,25,26);/q;+1/b11-10-;. The second-order valence-corrected chi connectivity index (χ2v) is 9.01. The van der Waals surface area contributed by atoms with Gasteiger partial charge in [0.25, 0.3) is 10.1 Å². The Morgan fingerprint density at radius 2 is 1.32 bits per heavy atom. The van der Waals surface area contributed by atoms with E-state index >= 15 is 0 Å². The number of hydrogen-bond donors (Lipinski definition) is 1. The van der Waals surface area contributed by atoms with Crippen molar-refractivity contribution in [3.63, 3.8) is 0 Å². The zero-order chi connectivity index (χ0) is 20.4. The van der Waals surface area contributed by atoms with Crippen LogP contribution in [-0.4, -0.2) is 43.1 Å². The maximum atomic E-state index is 11.8. The number of carbonyl (C=O) groups is 1. The summed E-state index contributed by atoms with van der Waals surface area (Å²) < 4.78 is 30.1. The largest absolute Gasteiger partial charge is 1.00 e. The third-order valence-electron chi connectivity index (χ3n) is 4.76. The summed E-state index contributed by atoms with van der Waals surface area (Å²) >= 11 is 0. The first-order chi connectivity index (χ1) is 12.9. The van der Waals surface area contributed by atoms with Gasteiger partial charge >= 0.3 is 29.6 Å². The molecule has 1 N–H and O–H groups in total. The Hall–Kier alpha value is 0.120. The van der Waals surface area contributed by atoms with Crippen LogP contribution in [0.5, 0.6) is 0 Å². The molecule has 0 aromatic rings. The monoisotopic (exact) mass is 426 g/mol. The van der Waals surface area contributed by atoms with E-state index in [1.807, 2.05) is 0 Å². The molecule has 0 fully saturated rings. The van der Waals surface area contributed by atoms with Gasteiger partial charge in [-0.15, -0.1) is 0 Å². The van der Waals surface area contributed by atoms with Gasteiger partial charge in [0.1, 0.15) is 0 Å². The minimum Gasteiger partial charge on any atom is -0.345 e. The van der Waals surface area contributed by atoms with Gasteiger partial charge in [-0.3, -0.25) is 9.35 Å². The van der Waals surface area contributed by atoms with Crippen LogP contribution in [0.3, 0.4) is 0 Å². The molecule has 0 atom stereocenters. The molecule has 0 unspecified atom stereocenters. The molecule has 0 aliphatic rings. The molecule has 0 bridgehead atoms. The summed E-state index contributed by atoms with van der Waals surface area (Å²) in [5.74, 6) is -0.460. The molecule has 28 heavy (non-hydrogen) atoms. The van der Waals surface area contributed by atoms with Crippen molar-refractivity contribution in [2.45, 2.75) is 96.8 Å².